The zero-order valence-electron chi connectivity index (χ0n) is 8.53. The number of sulfone groups is 1. The summed E-state index contributed by atoms with van der Waals surface area (Å²) < 4.78 is 23.4. The summed E-state index contributed by atoms with van der Waals surface area (Å²) in [7, 11) is -2.89. The first-order valence-electron chi connectivity index (χ1n) is 4.69. The van der Waals surface area contributed by atoms with Gasteiger partial charge in [-0.15, -0.1) is 0 Å². The quantitative estimate of drug-likeness (QED) is 0.864. The second-order valence-electron chi connectivity index (χ2n) is 3.34. The largest absolute Gasteiger partial charge is 0.398 e. The third-order valence-electron chi connectivity index (χ3n) is 2.21. The molecule has 0 heterocycles. The minimum atomic E-state index is -2.89. The van der Waals surface area contributed by atoms with E-state index in [1.54, 1.807) is 13.0 Å². The van der Waals surface area contributed by atoms with Gasteiger partial charge in [0.25, 0.3) is 0 Å². The van der Waals surface area contributed by atoms with Gasteiger partial charge in [0.15, 0.2) is 0 Å². The molecule has 0 radical (unpaired) electrons. The lowest BCUT2D eigenvalue weighted by Gasteiger charge is -2.04. The lowest BCUT2D eigenvalue weighted by Crippen LogP contribution is -2.10. The molecule has 1 aromatic carbocycles. The molecule has 1 rings (SSSR count). The molecule has 0 bridgehead atoms. The maximum atomic E-state index is 11.3. The van der Waals surface area contributed by atoms with Crippen molar-refractivity contribution in [2.24, 2.45) is 0 Å². The molecule has 15 heavy (non-hydrogen) atoms. The highest BCUT2D eigenvalue weighted by molar-refractivity contribution is 9.10. The van der Waals surface area contributed by atoms with Gasteiger partial charge < -0.3 is 5.73 Å². The first-order chi connectivity index (χ1) is 6.94. The van der Waals surface area contributed by atoms with Crippen molar-refractivity contribution in [2.45, 2.75) is 13.3 Å². The normalized spacial score (nSPS) is 11.6. The van der Waals surface area contributed by atoms with E-state index in [1.165, 1.54) is 0 Å². The molecule has 0 amide bonds. The van der Waals surface area contributed by atoms with Crippen LogP contribution in [-0.2, 0) is 16.3 Å². The van der Waals surface area contributed by atoms with Gasteiger partial charge >= 0.3 is 0 Å². The third kappa shape index (κ3) is 3.83. The summed E-state index contributed by atoms with van der Waals surface area (Å²) in [6.07, 6.45) is 0.537. The Bertz CT molecular complexity index is 443. The SMILES string of the molecule is CCS(=O)(=O)CCc1ccc(N)c(Br)c1. The number of benzene rings is 1. The van der Waals surface area contributed by atoms with E-state index in [9.17, 15) is 8.42 Å². The van der Waals surface area contributed by atoms with Gasteiger partial charge in [-0.25, -0.2) is 8.42 Å². The van der Waals surface area contributed by atoms with E-state index < -0.39 is 9.84 Å². The fourth-order valence-corrected chi connectivity index (χ4v) is 2.41. The summed E-state index contributed by atoms with van der Waals surface area (Å²) in [5.74, 6) is 0.392. The van der Waals surface area contributed by atoms with Crippen LogP contribution in [0.3, 0.4) is 0 Å². The van der Waals surface area contributed by atoms with Crippen LogP contribution in [0.15, 0.2) is 22.7 Å². The number of anilines is 1. The minimum Gasteiger partial charge on any atom is -0.398 e. The van der Waals surface area contributed by atoms with Crippen LogP contribution in [0.4, 0.5) is 5.69 Å². The van der Waals surface area contributed by atoms with Crippen molar-refractivity contribution < 1.29 is 8.42 Å². The van der Waals surface area contributed by atoms with E-state index in [4.69, 9.17) is 5.73 Å². The standard InChI is InChI=1S/C10H14BrNO2S/c1-2-15(13,14)6-5-8-3-4-10(12)9(11)7-8/h3-4,7H,2,5-6,12H2,1H3. The van der Waals surface area contributed by atoms with Crippen LogP contribution in [0.25, 0.3) is 0 Å². The number of nitrogens with two attached hydrogens (primary N) is 1. The average molecular weight is 292 g/mol. The molecule has 0 fully saturated rings. The smallest absolute Gasteiger partial charge is 0.150 e. The molecular weight excluding hydrogens is 278 g/mol. The van der Waals surface area contributed by atoms with E-state index in [0.717, 1.165) is 10.0 Å². The fourth-order valence-electron chi connectivity index (χ4n) is 1.14. The molecule has 2 N–H and O–H groups in total. The molecule has 3 nitrogen and oxygen atoms in total. The van der Waals surface area contributed by atoms with Crippen molar-refractivity contribution in [1.82, 2.24) is 0 Å². The van der Waals surface area contributed by atoms with Crippen molar-refractivity contribution in [3.8, 4) is 0 Å². The van der Waals surface area contributed by atoms with Gasteiger partial charge in [-0.3, -0.25) is 0 Å². The number of rotatable bonds is 4. The first kappa shape index (κ1) is 12.5. The second-order valence-corrected chi connectivity index (χ2v) is 6.67. The molecule has 84 valence electrons. The van der Waals surface area contributed by atoms with Crippen molar-refractivity contribution >= 4 is 31.5 Å². The zero-order chi connectivity index (χ0) is 11.5. The molecule has 0 aliphatic rings. The van der Waals surface area contributed by atoms with Crippen LogP contribution in [0.5, 0.6) is 0 Å². The van der Waals surface area contributed by atoms with E-state index in [1.807, 2.05) is 12.1 Å². The fraction of sp³-hybridized carbons (Fsp3) is 0.400. The first-order valence-corrected chi connectivity index (χ1v) is 7.30. The Morgan fingerprint density at radius 3 is 2.60 bits per heavy atom. The van der Waals surface area contributed by atoms with E-state index in [0.29, 0.717) is 12.1 Å². The Morgan fingerprint density at radius 2 is 2.07 bits per heavy atom. The Morgan fingerprint density at radius 1 is 1.40 bits per heavy atom. The van der Waals surface area contributed by atoms with Crippen LogP contribution in [0, 0.1) is 0 Å². The van der Waals surface area contributed by atoms with Crippen LogP contribution >= 0.6 is 15.9 Å². The van der Waals surface area contributed by atoms with Gasteiger partial charge in [-0.1, -0.05) is 13.0 Å². The predicted octanol–water partition coefficient (Wildman–Crippen LogP) is 2.01. The van der Waals surface area contributed by atoms with Gasteiger partial charge in [0.1, 0.15) is 9.84 Å². The molecule has 0 unspecified atom stereocenters. The summed E-state index contributed by atoms with van der Waals surface area (Å²) in [4.78, 5) is 0. The molecule has 0 spiro atoms. The molecule has 0 saturated carbocycles. The highest BCUT2D eigenvalue weighted by Gasteiger charge is 2.07. The number of hydrogen-bond acceptors (Lipinski definition) is 3. The summed E-state index contributed by atoms with van der Waals surface area (Å²) in [6, 6.07) is 5.49. The van der Waals surface area contributed by atoms with E-state index >= 15 is 0 Å². The predicted molar refractivity (Wildman–Crippen MR) is 66.6 cm³/mol. The van der Waals surface area contributed by atoms with Crippen molar-refractivity contribution in [1.29, 1.82) is 0 Å². The third-order valence-corrected chi connectivity index (χ3v) is 4.60. The lowest BCUT2D eigenvalue weighted by atomic mass is 10.1. The zero-order valence-corrected chi connectivity index (χ0v) is 10.9. The van der Waals surface area contributed by atoms with E-state index in [-0.39, 0.29) is 11.5 Å². The van der Waals surface area contributed by atoms with Gasteiger partial charge in [0.2, 0.25) is 0 Å². The van der Waals surface area contributed by atoms with Crippen molar-refractivity contribution in [2.75, 3.05) is 17.2 Å². The topological polar surface area (TPSA) is 60.2 Å². The Kier molecular flexibility index (Phi) is 4.16. The molecule has 0 saturated heterocycles. The Hall–Kier alpha value is -0.550. The van der Waals surface area contributed by atoms with Gasteiger partial charge in [-0.05, 0) is 40.0 Å². The molecule has 0 aliphatic heterocycles. The molecule has 0 atom stereocenters. The second kappa shape index (κ2) is 4.99. The summed E-state index contributed by atoms with van der Waals surface area (Å²) in [5.41, 5.74) is 7.28. The highest BCUT2D eigenvalue weighted by atomic mass is 79.9. The van der Waals surface area contributed by atoms with Crippen LogP contribution in [0.1, 0.15) is 12.5 Å². The number of nitrogen functional groups attached to an aromatic ring is 1. The van der Waals surface area contributed by atoms with Crippen molar-refractivity contribution in [3.05, 3.63) is 28.2 Å². The number of aryl methyl sites for hydroxylation is 1. The summed E-state index contributed by atoms with van der Waals surface area (Å²) in [6.45, 7) is 1.66. The monoisotopic (exact) mass is 291 g/mol. The van der Waals surface area contributed by atoms with Gasteiger partial charge in [-0.2, -0.15) is 0 Å². The average Bonchev–Trinajstić information content (AvgIpc) is 2.20. The van der Waals surface area contributed by atoms with Crippen LogP contribution < -0.4 is 5.73 Å². The van der Waals surface area contributed by atoms with Gasteiger partial charge in [0.05, 0.1) is 5.75 Å². The number of hydrogen-bond donors (Lipinski definition) is 1. The summed E-state index contributed by atoms with van der Waals surface area (Å²) >= 11 is 3.31. The molecular formula is C10H14BrNO2S. The van der Waals surface area contributed by atoms with Crippen LogP contribution in [-0.4, -0.2) is 19.9 Å². The minimum absolute atomic E-state index is 0.194. The molecule has 1 aromatic rings. The lowest BCUT2D eigenvalue weighted by molar-refractivity contribution is 0.596. The molecule has 5 heteroatoms. The van der Waals surface area contributed by atoms with Crippen molar-refractivity contribution in [3.63, 3.8) is 0 Å². The molecule has 0 aliphatic carbocycles. The van der Waals surface area contributed by atoms with E-state index in [2.05, 4.69) is 15.9 Å². The summed E-state index contributed by atoms with van der Waals surface area (Å²) in [5, 5.41) is 0. The van der Waals surface area contributed by atoms with Crippen LogP contribution in [0.2, 0.25) is 0 Å². The van der Waals surface area contributed by atoms with Gasteiger partial charge in [0, 0.05) is 15.9 Å². The Balaban J connectivity index is 2.71. The molecule has 0 aromatic heterocycles. The number of halogens is 1. The Labute approximate surface area is 98.7 Å². The highest BCUT2D eigenvalue weighted by Crippen LogP contribution is 2.20. The maximum absolute atomic E-state index is 11.3. The maximum Gasteiger partial charge on any atom is 0.150 e.